The van der Waals surface area contributed by atoms with Crippen molar-refractivity contribution < 1.29 is 19.4 Å². The van der Waals surface area contributed by atoms with Crippen LogP contribution in [0, 0.1) is 34.0 Å². The second-order valence-electron chi connectivity index (χ2n) is 11.7. The largest absolute Gasteiger partial charge is 0.462 e. The van der Waals surface area contributed by atoms with E-state index in [9.17, 15) is 14.7 Å². The Bertz CT molecular complexity index is 861. The van der Waals surface area contributed by atoms with Gasteiger partial charge >= 0.3 is 5.97 Å². The van der Waals surface area contributed by atoms with E-state index in [4.69, 9.17) is 4.74 Å². The number of Topliss-reactive ketones (excluding diaryl/α,β-unsaturated/α-hetero) is 1. The quantitative estimate of drug-likeness (QED) is 0.382. The molecule has 0 spiro atoms. The minimum atomic E-state index is -1.01. The number of ketones is 1. The third kappa shape index (κ3) is 2.75. The van der Waals surface area contributed by atoms with E-state index in [2.05, 4.69) is 33.1 Å². The molecule has 30 heavy (non-hydrogen) atoms. The molecule has 0 radical (unpaired) electrons. The standard InChI is InChI=1S/C26H36O4/c1-15-16(2)21(27)24(6)11-10-19-18(20(15)24)9-13-26(29)14-17(8-12-25(19,26)7)30-22(28)23(3,4)5/h9,13,17-20,29H,1-2,8,10-12,14H2,3-7H3/t17?,18-,19-,20+,24+,25-,26?/m1/s1. The zero-order valence-electron chi connectivity index (χ0n) is 19.1. The Morgan fingerprint density at radius 1 is 1.20 bits per heavy atom. The Balaban J connectivity index is 1.64. The number of aliphatic hydroxyl groups is 1. The van der Waals surface area contributed by atoms with Crippen molar-refractivity contribution in [3.63, 3.8) is 0 Å². The molecule has 164 valence electrons. The second kappa shape index (κ2) is 6.41. The van der Waals surface area contributed by atoms with Crippen LogP contribution in [0.5, 0.6) is 0 Å². The zero-order chi connectivity index (χ0) is 22.3. The Labute approximate surface area is 180 Å². The number of fused-ring (bicyclic) bond motifs is 5. The number of carbonyl (C=O) groups is 2. The van der Waals surface area contributed by atoms with E-state index in [1.807, 2.05) is 26.8 Å². The smallest absolute Gasteiger partial charge is 0.311 e. The summed E-state index contributed by atoms with van der Waals surface area (Å²) in [4.78, 5) is 25.3. The van der Waals surface area contributed by atoms with Crippen LogP contribution in [0.4, 0.5) is 0 Å². The predicted octanol–water partition coefficient (Wildman–Crippen LogP) is 4.78. The molecule has 1 N–H and O–H groups in total. The maximum absolute atomic E-state index is 12.9. The van der Waals surface area contributed by atoms with Gasteiger partial charge in [0.2, 0.25) is 0 Å². The van der Waals surface area contributed by atoms with Gasteiger partial charge in [0.15, 0.2) is 5.78 Å². The van der Waals surface area contributed by atoms with Gasteiger partial charge in [-0.3, -0.25) is 9.59 Å². The predicted molar refractivity (Wildman–Crippen MR) is 116 cm³/mol. The average molecular weight is 413 g/mol. The summed E-state index contributed by atoms with van der Waals surface area (Å²) < 4.78 is 5.78. The fourth-order valence-electron chi connectivity index (χ4n) is 6.82. The highest BCUT2D eigenvalue weighted by molar-refractivity contribution is 6.07. The van der Waals surface area contributed by atoms with Gasteiger partial charge in [0, 0.05) is 28.7 Å². The van der Waals surface area contributed by atoms with Crippen molar-refractivity contribution in [3.05, 3.63) is 36.5 Å². The van der Waals surface area contributed by atoms with E-state index >= 15 is 0 Å². The molecule has 0 bridgehead atoms. The van der Waals surface area contributed by atoms with Gasteiger partial charge in [-0.25, -0.2) is 0 Å². The van der Waals surface area contributed by atoms with Gasteiger partial charge < -0.3 is 9.84 Å². The monoisotopic (exact) mass is 412 g/mol. The van der Waals surface area contributed by atoms with E-state index in [0.29, 0.717) is 12.0 Å². The fourth-order valence-corrected chi connectivity index (χ4v) is 6.82. The molecule has 4 aliphatic rings. The first-order valence-corrected chi connectivity index (χ1v) is 11.3. The maximum atomic E-state index is 12.9. The first kappa shape index (κ1) is 21.5. The van der Waals surface area contributed by atoms with Crippen molar-refractivity contribution in [2.24, 2.45) is 34.0 Å². The number of rotatable bonds is 1. The summed E-state index contributed by atoms with van der Waals surface area (Å²) in [5.41, 5.74) is -0.841. The third-order valence-corrected chi connectivity index (χ3v) is 8.88. The Kier molecular flexibility index (Phi) is 4.61. The molecule has 3 saturated carbocycles. The molecule has 0 aromatic heterocycles. The van der Waals surface area contributed by atoms with Crippen LogP contribution in [0.25, 0.3) is 0 Å². The number of hydrogen-bond donors (Lipinski definition) is 1. The topological polar surface area (TPSA) is 63.6 Å². The Morgan fingerprint density at radius 3 is 2.50 bits per heavy atom. The van der Waals surface area contributed by atoms with Crippen molar-refractivity contribution in [2.75, 3.05) is 0 Å². The molecule has 0 aromatic carbocycles. The molecule has 0 amide bonds. The van der Waals surface area contributed by atoms with Crippen molar-refractivity contribution in [1.82, 2.24) is 0 Å². The van der Waals surface area contributed by atoms with E-state index in [0.717, 1.165) is 31.3 Å². The minimum Gasteiger partial charge on any atom is -0.462 e. The van der Waals surface area contributed by atoms with E-state index < -0.39 is 16.4 Å². The van der Waals surface area contributed by atoms with Crippen LogP contribution >= 0.6 is 0 Å². The molecular weight excluding hydrogens is 376 g/mol. The summed E-state index contributed by atoms with van der Waals surface area (Å²) in [6, 6.07) is 0. The summed E-state index contributed by atoms with van der Waals surface area (Å²) in [5, 5.41) is 11.8. The van der Waals surface area contributed by atoms with Crippen LogP contribution in [0.2, 0.25) is 0 Å². The van der Waals surface area contributed by atoms with E-state index in [1.54, 1.807) is 0 Å². The number of allylic oxidation sites excluding steroid dienone is 3. The molecule has 4 heteroatoms. The van der Waals surface area contributed by atoms with Gasteiger partial charge in [-0.15, -0.1) is 0 Å². The first-order valence-electron chi connectivity index (χ1n) is 11.3. The zero-order valence-corrected chi connectivity index (χ0v) is 19.1. The molecule has 7 atom stereocenters. The number of esters is 1. The summed E-state index contributed by atoms with van der Waals surface area (Å²) in [7, 11) is 0. The molecule has 4 aliphatic carbocycles. The molecule has 0 heterocycles. The summed E-state index contributed by atoms with van der Waals surface area (Å²) in [6.07, 6.45) is 7.48. The molecule has 0 saturated heterocycles. The van der Waals surface area contributed by atoms with Crippen LogP contribution in [0.1, 0.15) is 66.7 Å². The van der Waals surface area contributed by atoms with Gasteiger partial charge in [0.25, 0.3) is 0 Å². The second-order valence-corrected chi connectivity index (χ2v) is 11.7. The lowest BCUT2D eigenvalue weighted by Gasteiger charge is -2.60. The molecule has 0 aromatic rings. The normalized spacial score (nSPS) is 45.6. The van der Waals surface area contributed by atoms with E-state index in [1.165, 1.54) is 0 Å². The highest BCUT2D eigenvalue weighted by Crippen LogP contribution is 2.66. The van der Waals surface area contributed by atoms with Crippen LogP contribution < -0.4 is 0 Å². The van der Waals surface area contributed by atoms with Crippen LogP contribution in [-0.4, -0.2) is 28.6 Å². The number of carbonyl (C=O) groups excluding carboxylic acids is 2. The first-order chi connectivity index (χ1) is 13.7. The molecule has 0 aliphatic heterocycles. The minimum absolute atomic E-state index is 0.0605. The molecule has 3 fully saturated rings. The van der Waals surface area contributed by atoms with Crippen molar-refractivity contribution in [2.45, 2.75) is 78.4 Å². The Hall–Kier alpha value is -1.68. The number of ether oxygens (including phenoxy) is 1. The van der Waals surface area contributed by atoms with Gasteiger partial charge in [-0.2, -0.15) is 0 Å². The molecule has 4 rings (SSSR count). The van der Waals surface area contributed by atoms with Crippen LogP contribution in [-0.2, 0) is 14.3 Å². The van der Waals surface area contributed by atoms with Crippen molar-refractivity contribution in [3.8, 4) is 0 Å². The Morgan fingerprint density at radius 2 is 1.87 bits per heavy atom. The third-order valence-electron chi connectivity index (χ3n) is 8.88. The van der Waals surface area contributed by atoms with Crippen LogP contribution in [0.3, 0.4) is 0 Å². The maximum Gasteiger partial charge on any atom is 0.311 e. The molecular formula is C26H36O4. The lowest BCUT2D eigenvalue weighted by molar-refractivity contribution is -0.185. The SMILES string of the molecule is C=C1C(=C)[C@H]2[C@@H]3C=CC4(O)CC(OC(=O)C(C)(C)C)CC[C@]4(C)[C@@H]3CC[C@]2(C)C1=O. The van der Waals surface area contributed by atoms with Gasteiger partial charge in [0.05, 0.1) is 11.0 Å². The lowest BCUT2D eigenvalue weighted by atomic mass is 9.45. The highest BCUT2D eigenvalue weighted by Gasteiger charge is 2.64. The summed E-state index contributed by atoms with van der Waals surface area (Å²) >= 11 is 0. The number of hydrogen-bond acceptors (Lipinski definition) is 4. The molecule has 2 unspecified atom stereocenters. The summed E-state index contributed by atoms with van der Waals surface area (Å²) in [5.74, 6) is 0.433. The fraction of sp³-hybridized carbons (Fsp3) is 0.692. The van der Waals surface area contributed by atoms with Gasteiger partial charge in [0.1, 0.15) is 6.10 Å². The highest BCUT2D eigenvalue weighted by atomic mass is 16.5. The average Bonchev–Trinajstić information content (AvgIpc) is 2.82. The lowest BCUT2D eigenvalue weighted by Crippen LogP contribution is -2.61. The summed E-state index contributed by atoms with van der Waals surface area (Å²) in [6.45, 7) is 18.1. The van der Waals surface area contributed by atoms with Crippen molar-refractivity contribution >= 4 is 11.8 Å². The molecule has 4 nitrogen and oxygen atoms in total. The van der Waals surface area contributed by atoms with Gasteiger partial charge in [-0.1, -0.05) is 39.2 Å². The van der Waals surface area contributed by atoms with Crippen molar-refractivity contribution in [1.29, 1.82) is 0 Å². The van der Waals surface area contributed by atoms with Gasteiger partial charge in [-0.05, 0) is 63.9 Å². The van der Waals surface area contributed by atoms with Crippen LogP contribution in [0.15, 0.2) is 36.5 Å². The van der Waals surface area contributed by atoms with E-state index in [-0.39, 0.29) is 41.0 Å².